The average molecular weight is 277 g/mol. The van der Waals surface area contributed by atoms with Gasteiger partial charge in [0.2, 0.25) is 0 Å². The van der Waals surface area contributed by atoms with Crippen LogP contribution in [0.3, 0.4) is 0 Å². The fourth-order valence-electron chi connectivity index (χ4n) is 1.93. The molecule has 0 aliphatic heterocycles. The van der Waals surface area contributed by atoms with E-state index in [2.05, 4.69) is 10.1 Å². The Morgan fingerprint density at radius 1 is 1.45 bits per heavy atom. The Labute approximate surface area is 117 Å². The molecule has 2 N–H and O–H groups in total. The Hall–Kier alpha value is -2.31. The largest absolute Gasteiger partial charge is 0.464 e. The van der Waals surface area contributed by atoms with E-state index in [-0.39, 0.29) is 12.5 Å². The number of nitrogen functional groups attached to an aromatic ring is 1. The molecule has 20 heavy (non-hydrogen) atoms. The molecular formula is C13H19N5O2. The summed E-state index contributed by atoms with van der Waals surface area (Å²) in [5.41, 5.74) is 7.94. The van der Waals surface area contributed by atoms with E-state index < -0.39 is 0 Å². The summed E-state index contributed by atoms with van der Waals surface area (Å²) in [5, 5.41) is 4.20. The molecule has 0 saturated carbocycles. The SMILES string of the molecule is Cc1nn(CC(=O)OCCc2nccn2C)c(C)c1N. The highest BCUT2D eigenvalue weighted by molar-refractivity contribution is 5.69. The standard InChI is InChI=1S/C13H19N5O2/c1-9-13(14)10(2)18(16-9)8-12(19)20-7-4-11-15-5-6-17(11)3/h5-6H,4,7-8,14H2,1-3H3. The van der Waals surface area contributed by atoms with Crippen molar-refractivity contribution in [2.75, 3.05) is 12.3 Å². The number of carbonyl (C=O) groups excluding carboxylic acids is 1. The molecule has 2 aromatic heterocycles. The van der Waals surface area contributed by atoms with Crippen molar-refractivity contribution >= 4 is 11.7 Å². The lowest BCUT2D eigenvalue weighted by Gasteiger charge is -2.06. The van der Waals surface area contributed by atoms with Crippen molar-refractivity contribution in [2.45, 2.75) is 26.8 Å². The Morgan fingerprint density at radius 2 is 2.20 bits per heavy atom. The van der Waals surface area contributed by atoms with E-state index in [4.69, 9.17) is 10.5 Å². The number of hydrogen-bond acceptors (Lipinski definition) is 5. The average Bonchev–Trinajstić information content (AvgIpc) is 2.90. The fraction of sp³-hybridized carbons (Fsp3) is 0.462. The number of nitrogens with two attached hydrogens (primary N) is 1. The quantitative estimate of drug-likeness (QED) is 0.809. The second kappa shape index (κ2) is 5.77. The molecule has 0 aliphatic rings. The highest BCUT2D eigenvalue weighted by Gasteiger charge is 2.12. The van der Waals surface area contributed by atoms with E-state index in [0.29, 0.717) is 18.7 Å². The summed E-state index contributed by atoms with van der Waals surface area (Å²) in [6.45, 7) is 4.02. The number of aryl methyl sites for hydroxylation is 2. The van der Waals surface area contributed by atoms with Gasteiger partial charge < -0.3 is 15.0 Å². The molecule has 0 radical (unpaired) electrons. The smallest absolute Gasteiger partial charge is 0.327 e. The molecule has 2 aromatic rings. The maximum absolute atomic E-state index is 11.7. The number of ether oxygens (including phenoxy) is 1. The van der Waals surface area contributed by atoms with E-state index in [9.17, 15) is 4.79 Å². The van der Waals surface area contributed by atoms with Gasteiger partial charge in [-0.25, -0.2) is 4.98 Å². The van der Waals surface area contributed by atoms with Gasteiger partial charge in [-0.15, -0.1) is 0 Å². The minimum atomic E-state index is -0.329. The first-order valence-electron chi connectivity index (χ1n) is 6.40. The maximum atomic E-state index is 11.7. The van der Waals surface area contributed by atoms with Crippen LogP contribution in [0.25, 0.3) is 0 Å². The van der Waals surface area contributed by atoms with Crippen LogP contribution < -0.4 is 5.73 Å². The summed E-state index contributed by atoms with van der Waals surface area (Å²) in [4.78, 5) is 15.9. The van der Waals surface area contributed by atoms with Gasteiger partial charge in [0.25, 0.3) is 0 Å². The zero-order chi connectivity index (χ0) is 14.7. The summed E-state index contributed by atoms with van der Waals surface area (Å²) in [6, 6.07) is 0. The van der Waals surface area contributed by atoms with Gasteiger partial charge in [-0.3, -0.25) is 9.48 Å². The van der Waals surface area contributed by atoms with Gasteiger partial charge in [-0.05, 0) is 13.8 Å². The summed E-state index contributed by atoms with van der Waals surface area (Å²) >= 11 is 0. The van der Waals surface area contributed by atoms with E-state index in [1.54, 1.807) is 10.9 Å². The minimum Gasteiger partial charge on any atom is -0.464 e. The van der Waals surface area contributed by atoms with Gasteiger partial charge in [0.1, 0.15) is 12.4 Å². The van der Waals surface area contributed by atoms with Crippen LogP contribution in [-0.4, -0.2) is 31.9 Å². The highest BCUT2D eigenvalue weighted by atomic mass is 16.5. The monoisotopic (exact) mass is 277 g/mol. The molecule has 0 aromatic carbocycles. The van der Waals surface area contributed by atoms with Crippen molar-refractivity contribution in [2.24, 2.45) is 7.05 Å². The number of nitrogens with zero attached hydrogens (tertiary/aromatic N) is 4. The highest BCUT2D eigenvalue weighted by Crippen LogP contribution is 2.14. The van der Waals surface area contributed by atoms with Crippen molar-refractivity contribution in [1.82, 2.24) is 19.3 Å². The van der Waals surface area contributed by atoms with E-state index in [1.807, 2.05) is 31.7 Å². The van der Waals surface area contributed by atoms with Gasteiger partial charge in [-0.2, -0.15) is 5.10 Å². The van der Waals surface area contributed by atoms with Crippen molar-refractivity contribution < 1.29 is 9.53 Å². The van der Waals surface area contributed by atoms with Gasteiger partial charge in [0.05, 0.1) is 23.7 Å². The van der Waals surface area contributed by atoms with Gasteiger partial charge >= 0.3 is 5.97 Å². The molecule has 0 unspecified atom stereocenters. The van der Waals surface area contributed by atoms with Crippen LogP contribution in [0.5, 0.6) is 0 Å². The molecule has 0 amide bonds. The van der Waals surface area contributed by atoms with Crippen molar-refractivity contribution in [3.63, 3.8) is 0 Å². The first-order chi connectivity index (χ1) is 9.49. The first kappa shape index (κ1) is 14.1. The molecule has 0 saturated heterocycles. The minimum absolute atomic E-state index is 0.0738. The molecule has 0 atom stereocenters. The molecule has 0 bridgehead atoms. The predicted octanol–water partition coefficient (Wildman–Crippen LogP) is 0.602. The van der Waals surface area contributed by atoms with Crippen LogP contribution in [0.1, 0.15) is 17.2 Å². The molecule has 0 aliphatic carbocycles. The zero-order valence-electron chi connectivity index (χ0n) is 12.0. The zero-order valence-corrected chi connectivity index (χ0v) is 12.0. The van der Waals surface area contributed by atoms with Crippen LogP contribution >= 0.6 is 0 Å². The Balaban J connectivity index is 1.84. The summed E-state index contributed by atoms with van der Waals surface area (Å²) in [7, 11) is 1.91. The number of carbonyl (C=O) groups is 1. The van der Waals surface area contributed by atoms with Crippen LogP contribution in [-0.2, 0) is 29.5 Å². The fourth-order valence-corrected chi connectivity index (χ4v) is 1.93. The van der Waals surface area contributed by atoms with E-state index >= 15 is 0 Å². The molecule has 108 valence electrons. The van der Waals surface area contributed by atoms with Crippen molar-refractivity contribution in [3.8, 4) is 0 Å². The van der Waals surface area contributed by atoms with Crippen molar-refractivity contribution in [1.29, 1.82) is 0 Å². The number of anilines is 1. The Morgan fingerprint density at radius 3 is 2.75 bits per heavy atom. The first-order valence-corrected chi connectivity index (χ1v) is 6.40. The molecule has 2 rings (SSSR count). The molecule has 0 fully saturated rings. The van der Waals surface area contributed by atoms with E-state index in [1.165, 1.54) is 0 Å². The summed E-state index contributed by atoms with van der Waals surface area (Å²) in [5.74, 6) is 0.554. The van der Waals surface area contributed by atoms with E-state index in [0.717, 1.165) is 17.2 Å². The topological polar surface area (TPSA) is 88.0 Å². The molecule has 7 nitrogen and oxygen atoms in total. The number of rotatable bonds is 5. The lowest BCUT2D eigenvalue weighted by molar-refractivity contribution is -0.144. The van der Waals surface area contributed by atoms with Gasteiger partial charge in [-0.1, -0.05) is 0 Å². The number of hydrogen-bond donors (Lipinski definition) is 1. The third-order valence-corrected chi connectivity index (χ3v) is 3.23. The van der Waals surface area contributed by atoms with Gasteiger partial charge in [0, 0.05) is 25.9 Å². The normalized spacial score (nSPS) is 10.8. The summed E-state index contributed by atoms with van der Waals surface area (Å²) < 4.78 is 8.65. The molecular weight excluding hydrogens is 258 g/mol. The van der Waals surface area contributed by atoms with Crippen molar-refractivity contribution in [3.05, 3.63) is 29.6 Å². The lowest BCUT2D eigenvalue weighted by Crippen LogP contribution is -2.17. The molecule has 0 spiro atoms. The predicted molar refractivity (Wildman–Crippen MR) is 74.0 cm³/mol. The third-order valence-electron chi connectivity index (χ3n) is 3.23. The van der Waals surface area contributed by atoms with Crippen LogP contribution in [0, 0.1) is 13.8 Å². The van der Waals surface area contributed by atoms with Crippen LogP contribution in [0.15, 0.2) is 12.4 Å². The number of imidazole rings is 1. The maximum Gasteiger partial charge on any atom is 0.327 e. The van der Waals surface area contributed by atoms with Gasteiger partial charge in [0.15, 0.2) is 0 Å². The number of esters is 1. The summed E-state index contributed by atoms with van der Waals surface area (Å²) in [6.07, 6.45) is 4.17. The van der Waals surface area contributed by atoms with Crippen LogP contribution in [0.4, 0.5) is 5.69 Å². The Kier molecular flexibility index (Phi) is 4.07. The third kappa shape index (κ3) is 2.98. The lowest BCUT2D eigenvalue weighted by atomic mass is 10.3. The Bertz CT molecular complexity index is 614. The number of aromatic nitrogens is 4. The second-order valence-corrected chi connectivity index (χ2v) is 4.67. The molecule has 7 heteroatoms. The molecule has 2 heterocycles. The second-order valence-electron chi connectivity index (χ2n) is 4.67. The van der Waals surface area contributed by atoms with Crippen LogP contribution in [0.2, 0.25) is 0 Å².